The van der Waals surface area contributed by atoms with Gasteiger partial charge in [-0.3, -0.25) is 9.59 Å². The van der Waals surface area contributed by atoms with E-state index in [0.717, 1.165) is 6.42 Å². The first-order valence-corrected chi connectivity index (χ1v) is 5.56. The molecule has 0 aromatic rings. The van der Waals surface area contributed by atoms with Gasteiger partial charge in [-0.25, -0.2) is 0 Å². The van der Waals surface area contributed by atoms with Crippen molar-refractivity contribution in [1.29, 1.82) is 0 Å². The first-order chi connectivity index (χ1) is 6.85. The number of carbonyl (C=O) groups excluding carboxylic acids is 2. The lowest BCUT2D eigenvalue weighted by Crippen LogP contribution is -2.63. The minimum absolute atomic E-state index is 0.0364. The number of hydrogen-bond donors (Lipinski definition) is 0. The Hall–Kier alpha value is -0.860. The molecule has 2 bridgehead atoms. The molecule has 0 N–H and O–H groups in total. The molecule has 3 rings (SSSR count). The molecule has 0 aromatic heterocycles. The summed E-state index contributed by atoms with van der Waals surface area (Å²) in [6, 6.07) is 0. The van der Waals surface area contributed by atoms with E-state index in [4.69, 9.17) is 4.74 Å². The SMILES string of the molecule is CC(=O)O[C@H]1C(=O)[C@@H](C)[C@@H]2C[C@H]1C2(C)C. The molecule has 3 nitrogen and oxygen atoms in total. The van der Waals surface area contributed by atoms with Gasteiger partial charge in [-0.15, -0.1) is 0 Å². The zero-order valence-corrected chi connectivity index (χ0v) is 9.74. The Morgan fingerprint density at radius 1 is 1.40 bits per heavy atom. The quantitative estimate of drug-likeness (QED) is 0.620. The normalized spacial score (nSPS) is 42.0. The first kappa shape index (κ1) is 10.7. The molecule has 3 heteroatoms. The molecule has 3 aliphatic rings. The third-order valence-electron chi connectivity index (χ3n) is 4.41. The summed E-state index contributed by atoms with van der Waals surface area (Å²) in [7, 11) is 0. The predicted molar refractivity (Wildman–Crippen MR) is 55.1 cm³/mol. The van der Waals surface area contributed by atoms with Gasteiger partial charge in [-0.05, 0) is 17.8 Å². The fraction of sp³-hybridized carbons (Fsp3) is 0.833. The van der Waals surface area contributed by atoms with E-state index >= 15 is 0 Å². The van der Waals surface area contributed by atoms with Crippen LogP contribution in [0.1, 0.15) is 34.1 Å². The Balaban J connectivity index is 2.23. The maximum Gasteiger partial charge on any atom is 0.303 e. The number of ketones is 1. The van der Waals surface area contributed by atoms with Gasteiger partial charge in [-0.2, -0.15) is 0 Å². The molecule has 0 amide bonds. The molecule has 3 fully saturated rings. The highest BCUT2D eigenvalue weighted by atomic mass is 16.5. The van der Waals surface area contributed by atoms with Crippen molar-refractivity contribution in [3.05, 3.63) is 0 Å². The van der Waals surface area contributed by atoms with Crippen molar-refractivity contribution in [3.8, 4) is 0 Å². The second-order valence-electron chi connectivity index (χ2n) is 5.49. The van der Waals surface area contributed by atoms with Crippen molar-refractivity contribution in [1.82, 2.24) is 0 Å². The van der Waals surface area contributed by atoms with Gasteiger partial charge in [0.25, 0.3) is 0 Å². The van der Waals surface area contributed by atoms with Crippen molar-refractivity contribution in [2.75, 3.05) is 0 Å². The van der Waals surface area contributed by atoms with Crippen molar-refractivity contribution < 1.29 is 14.3 Å². The number of fused-ring (bicyclic) bond motifs is 2. The zero-order chi connectivity index (χ0) is 11.4. The van der Waals surface area contributed by atoms with Crippen LogP contribution in [0, 0.1) is 23.2 Å². The zero-order valence-electron chi connectivity index (χ0n) is 9.74. The Morgan fingerprint density at radius 3 is 2.47 bits per heavy atom. The van der Waals surface area contributed by atoms with Crippen LogP contribution in [0.15, 0.2) is 0 Å². The highest BCUT2D eigenvalue weighted by Crippen LogP contribution is 2.60. The molecule has 3 aliphatic carbocycles. The molecule has 0 aromatic carbocycles. The highest BCUT2D eigenvalue weighted by molar-refractivity contribution is 5.89. The average Bonchev–Trinajstić information content (AvgIpc) is 2.10. The summed E-state index contributed by atoms with van der Waals surface area (Å²) in [5, 5.41) is 0. The predicted octanol–water partition coefficient (Wildman–Crippen LogP) is 1.80. The standard InChI is InChI=1S/C12H18O3/c1-6-8-5-9(12(8,3)4)11(10(6)14)15-7(2)13/h6,8-9,11H,5H2,1-4H3/t6-,8-,9+,11+/m0/s1. The van der Waals surface area contributed by atoms with E-state index in [0.29, 0.717) is 5.92 Å². The second kappa shape index (κ2) is 3.06. The Bertz CT molecular complexity index is 319. The lowest BCUT2D eigenvalue weighted by atomic mass is 9.44. The van der Waals surface area contributed by atoms with E-state index in [1.54, 1.807) is 0 Å². The minimum atomic E-state index is -0.488. The molecule has 0 radical (unpaired) electrons. The van der Waals surface area contributed by atoms with Gasteiger partial charge in [0, 0.05) is 18.8 Å². The molecule has 84 valence electrons. The summed E-state index contributed by atoms with van der Waals surface area (Å²) < 4.78 is 5.17. The van der Waals surface area contributed by atoms with Crippen LogP contribution >= 0.6 is 0 Å². The first-order valence-electron chi connectivity index (χ1n) is 5.56. The number of hydrogen-bond acceptors (Lipinski definition) is 3. The number of carbonyl (C=O) groups is 2. The van der Waals surface area contributed by atoms with E-state index in [1.165, 1.54) is 6.92 Å². The van der Waals surface area contributed by atoms with Crippen LogP contribution in [-0.2, 0) is 14.3 Å². The molecule has 0 unspecified atom stereocenters. The summed E-state index contributed by atoms with van der Waals surface area (Å²) in [5.41, 5.74) is 0.146. The van der Waals surface area contributed by atoms with Gasteiger partial charge in [-0.1, -0.05) is 20.8 Å². The number of ether oxygens (including phenoxy) is 1. The third kappa shape index (κ3) is 1.32. The largest absolute Gasteiger partial charge is 0.454 e. The lowest BCUT2D eigenvalue weighted by molar-refractivity contribution is -0.196. The van der Waals surface area contributed by atoms with Crippen molar-refractivity contribution >= 4 is 11.8 Å². The molecule has 0 spiro atoms. The van der Waals surface area contributed by atoms with Crippen LogP contribution in [0.5, 0.6) is 0 Å². The molecule has 0 aliphatic heterocycles. The van der Waals surface area contributed by atoms with Gasteiger partial charge in [0.05, 0.1) is 0 Å². The van der Waals surface area contributed by atoms with Crippen molar-refractivity contribution in [2.24, 2.45) is 23.2 Å². The number of esters is 1. The van der Waals surface area contributed by atoms with Crippen molar-refractivity contribution in [3.63, 3.8) is 0 Å². The topological polar surface area (TPSA) is 43.4 Å². The highest BCUT2D eigenvalue weighted by Gasteiger charge is 2.62. The maximum absolute atomic E-state index is 11.9. The van der Waals surface area contributed by atoms with Crippen LogP contribution in [0.25, 0.3) is 0 Å². The summed E-state index contributed by atoms with van der Waals surface area (Å²) in [5.74, 6) is 0.513. The summed E-state index contributed by atoms with van der Waals surface area (Å²) >= 11 is 0. The molecule has 0 saturated heterocycles. The second-order valence-corrected chi connectivity index (χ2v) is 5.49. The maximum atomic E-state index is 11.9. The van der Waals surface area contributed by atoms with E-state index in [-0.39, 0.29) is 29.0 Å². The fourth-order valence-corrected chi connectivity index (χ4v) is 3.33. The summed E-state index contributed by atoms with van der Waals surface area (Å²) in [6.45, 7) is 7.67. The third-order valence-corrected chi connectivity index (χ3v) is 4.41. The van der Waals surface area contributed by atoms with E-state index in [9.17, 15) is 9.59 Å². The van der Waals surface area contributed by atoms with Crippen LogP contribution in [-0.4, -0.2) is 17.9 Å². The Kier molecular flexibility index (Phi) is 2.18. The fourth-order valence-electron chi connectivity index (χ4n) is 3.33. The molecular formula is C12H18O3. The number of rotatable bonds is 1. The molecule has 3 saturated carbocycles. The van der Waals surface area contributed by atoms with Crippen LogP contribution in [0.4, 0.5) is 0 Å². The van der Waals surface area contributed by atoms with Gasteiger partial charge < -0.3 is 4.74 Å². The average molecular weight is 210 g/mol. The van der Waals surface area contributed by atoms with E-state index < -0.39 is 6.10 Å². The van der Waals surface area contributed by atoms with Crippen LogP contribution in [0.2, 0.25) is 0 Å². The van der Waals surface area contributed by atoms with E-state index in [1.807, 2.05) is 6.92 Å². The van der Waals surface area contributed by atoms with Crippen LogP contribution < -0.4 is 0 Å². The van der Waals surface area contributed by atoms with Crippen LogP contribution in [0.3, 0.4) is 0 Å². The Labute approximate surface area is 90.2 Å². The van der Waals surface area contributed by atoms with Gasteiger partial charge in [0.15, 0.2) is 11.9 Å². The molecule has 4 atom stereocenters. The summed E-state index contributed by atoms with van der Waals surface area (Å²) in [6.07, 6.45) is 0.537. The number of Topliss-reactive ketones (excluding diaryl/α,β-unsaturated/α-hetero) is 1. The van der Waals surface area contributed by atoms with Gasteiger partial charge >= 0.3 is 5.97 Å². The molecule has 0 heterocycles. The van der Waals surface area contributed by atoms with Crippen molar-refractivity contribution in [2.45, 2.75) is 40.2 Å². The lowest BCUT2D eigenvalue weighted by Gasteiger charge is -2.60. The monoisotopic (exact) mass is 210 g/mol. The Morgan fingerprint density at radius 2 is 2.00 bits per heavy atom. The molecule has 15 heavy (non-hydrogen) atoms. The van der Waals surface area contributed by atoms with E-state index in [2.05, 4.69) is 13.8 Å². The smallest absolute Gasteiger partial charge is 0.303 e. The minimum Gasteiger partial charge on any atom is -0.454 e. The van der Waals surface area contributed by atoms with Gasteiger partial charge in [0.1, 0.15) is 0 Å². The molecular weight excluding hydrogens is 192 g/mol. The van der Waals surface area contributed by atoms with Gasteiger partial charge in [0.2, 0.25) is 0 Å². The summed E-state index contributed by atoms with van der Waals surface area (Å²) in [4.78, 5) is 22.9.